The van der Waals surface area contributed by atoms with Gasteiger partial charge in [0.15, 0.2) is 0 Å². The number of anilines is 1. The van der Waals surface area contributed by atoms with Crippen LogP contribution >= 0.6 is 0 Å². The summed E-state index contributed by atoms with van der Waals surface area (Å²) in [5, 5.41) is 3.86. The average molecular weight is 361 g/mol. The molecule has 0 bridgehead atoms. The zero-order valence-electron chi connectivity index (χ0n) is 15.9. The monoisotopic (exact) mass is 361 g/mol. The maximum Gasteiger partial charge on any atom is 0.142 e. The van der Waals surface area contributed by atoms with Crippen LogP contribution < -0.4 is 10.1 Å². The topological polar surface area (TPSA) is 30.5 Å². The average Bonchev–Trinajstić information content (AvgIpc) is 3.38. The third-order valence-electron chi connectivity index (χ3n) is 6.33. The molecule has 1 N–H and O–H groups in total. The van der Waals surface area contributed by atoms with E-state index in [1.54, 1.807) is 0 Å². The molecule has 2 heterocycles. The minimum Gasteiger partial charge on any atom is -0.489 e. The van der Waals surface area contributed by atoms with Crippen LogP contribution in [0.1, 0.15) is 47.9 Å². The lowest BCUT2D eigenvalue weighted by molar-refractivity contribution is 0.0681. The van der Waals surface area contributed by atoms with Gasteiger partial charge in [-0.25, -0.2) is 0 Å². The van der Waals surface area contributed by atoms with Crippen molar-refractivity contribution < 1.29 is 9.47 Å². The molecule has 27 heavy (non-hydrogen) atoms. The highest BCUT2D eigenvalue weighted by Crippen LogP contribution is 2.52. The van der Waals surface area contributed by atoms with Crippen molar-refractivity contribution in [1.82, 2.24) is 0 Å². The number of hydrogen-bond acceptors (Lipinski definition) is 3. The lowest BCUT2D eigenvalue weighted by Crippen LogP contribution is -2.30. The summed E-state index contributed by atoms with van der Waals surface area (Å²) in [6.07, 6.45) is 8.33. The van der Waals surface area contributed by atoms with E-state index in [1.807, 2.05) is 0 Å². The van der Waals surface area contributed by atoms with E-state index < -0.39 is 0 Å². The van der Waals surface area contributed by atoms with E-state index in [-0.39, 0.29) is 6.10 Å². The molecule has 4 unspecified atom stereocenters. The van der Waals surface area contributed by atoms with E-state index in [0.29, 0.717) is 24.5 Å². The molecule has 3 heteroatoms. The van der Waals surface area contributed by atoms with Crippen LogP contribution in [0.25, 0.3) is 0 Å². The lowest BCUT2D eigenvalue weighted by atomic mass is 9.76. The zero-order chi connectivity index (χ0) is 18.2. The predicted octanol–water partition coefficient (Wildman–Crippen LogP) is 5.38. The first-order valence-corrected chi connectivity index (χ1v) is 10.2. The van der Waals surface area contributed by atoms with Gasteiger partial charge in [-0.15, -0.1) is 0 Å². The molecule has 2 aliphatic heterocycles. The Bertz CT molecular complexity index is 853. The Hall–Kier alpha value is -2.26. The molecule has 3 nitrogen and oxygen atoms in total. The second kappa shape index (κ2) is 7.05. The molecule has 5 rings (SSSR count). The molecule has 0 aromatic heterocycles. The van der Waals surface area contributed by atoms with Gasteiger partial charge in [0.25, 0.3) is 0 Å². The summed E-state index contributed by atoms with van der Waals surface area (Å²) in [4.78, 5) is 0. The highest BCUT2D eigenvalue weighted by atomic mass is 16.5. The molecule has 0 amide bonds. The SMILES string of the molecule is Cc1ccccc1C1Nc2c(OCC3CCCO3)cccc2C2C=CCC21. The van der Waals surface area contributed by atoms with E-state index in [4.69, 9.17) is 9.47 Å². The van der Waals surface area contributed by atoms with Crippen molar-refractivity contribution in [2.24, 2.45) is 5.92 Å². The summed E-state index contributed by atoms with van der Waals surface area (Å²) < 4.78 is 12.0. The normalized spacial score (nSPS) is 28.5. The molecule has 0 saturated carbocycles. The molecule has 2 aromatic carbocycles. The van der Waals surface area contributed by atoms with Gasteiger partial charge in [-0.3, -0.25) is 0 Å². The molecular formula is C24H27NO2. The summed E-state index contributed by atoms with van der Waals surface area (Å²) in [7, 11) is 0. The van der Waals surface area contributed by atoms with Crippen molar-refractivity contribution in [2.75, 3.05) is 18.5 Å². The maximum absolute atomic E-state index is 6.24. The third-order valence-corrected chi connectivity index (χ3v) is 6.33. The zero-order valence-corrected chi connectivity index (χ0v) is 15.9. The molecule has 3 aliphatic rings. The van der Waals surface area contributed by atoms with Crippen molar-refractivity contribution in [1.29, 1.82) is 0 Å². The van der Waals surface area contributed by atoms with Crippen LogP contribution in [0, 0.1) is 12.8 Å². The number of benzene rings is 2. The summed E-state index contributed by atoms with van der Waals surface area (Å²) in [5.74, 6) is 1.98. The first-order valence-electron chi connectivity index (χ1n) is 10.2. The van der Waals surface area contributed by atoms with Crippen molar-refractivity contribution in [3.63, 3.8) is 0 Å². The van der Waals surface area contributed by atoms with Crippen molar-refractivity contribution in [3.05, 3.63) is 71.3 Å². The fourth-order valence-electron chi connectivity index (χ4n) is 4.92. The highest BCUT2D eigenvalue weighted by Gasteiger charge is 2.39. The number of nitrogens with one attached hydrogen (secondary N) is 1. The summed E-state index contributed by atoms with van der Waals surface area (Å²) in [6, 6.07) is 15.5. The number of allylic oxidation sites excluding steroid dienone is 2. The molecule has 1 fully saturated rings. The van der Waals surface area contributed by atoms with Gasteiger partial charge in [-0.1, -0.05) is 48.6 Å². The number of rotatable bonds is 4. The van der Waals surface area contributed by atoms with Gasteiger partial charge in [-0.2, -0.15) is 0 Å². The number of ether oxygens (including phenoxy) is 2. The van der Waals surface area contributed by atoms with E-state index in [2.05, 4.69) is 66.9 Å². The van der Waals surface area contributed by atoms with Crippen molar-refractivity contribution >= 4 is 5.69 Å². The van der Waals surface area contributed by atoms with Gasteiger partial charge in [0.1, 0.15) is 12.4 Å². The maximum atomic E-state index is 6.24. The molecule has 1 saturated heterocycles. The second-order valence-electron chi connectivity index (χ2n) is 8.00. The predicted molar refractivity (Wildman–Crippen MR) is 108 cm³/mol. The Balaban J connectivity index is 1.49. The second-order valence-corrected chi connectivity index (χ2v) is 8.00. The first kappa shape index (κ1) is 16.9. The smallest absolute Gasteiger partial charge is 0.142 e. The van der Waals surface area contributed by atoms with Gasteiger partial charge >= 0.3 is 0 Å². The minimum absolute atomic E-state index is 0.232. The largest absolute Gasteiger partial charge is 0.489 e. The van der Waals surface area contributed by atoms with Gasteiger partial charge in [0.05, 0.1) is 17.8 Å². The van der Waals surface area contributed by atoms with E-state index in [0.717, 1.165) is 37.3 Å². The Labute approximate surface area is 161 Å². The molecule has 4 atom stereocenters. The van der Waals surface area contributed by atoms with Crippen LogP contribution in [-0.4, -0.2) is 19.3 Å². The Morgan fingerprint density at radius 2 is 2.00 bits per heavy atom. The summed E-state index contributed by atoms with van der Waals surface area (Å²) in [5.41, 5.74) is 5.28. The Morgan fingerprint density at radius 3 is 2.85 bits per heavy atom. The molecule has 140 valence electrons. The van der Waals surface area contributed by atoms with E-state index in [1.165, 1.54) is 16.7 Å². The molecule has 0 radical (unpaired) electrons. The standard InChI is InChI=1S/C24H27NO2/c1-16-7-2-3-9-18(16)23-20-11-4-10-19(20)21-12-5-13-22(24(21)25-23)27-15-17-8-6-14-26-17/h2-5,7,9-10,12-13,17,19-20,23,25H,6,8,11,14-15H2,1H3. The van der Waals surface area contributed by atoms with Crippen molar-refractivity contribution in [2.45, 2.75) is 44.2 Å². The van der Waals surface area contributed by atoms with Gasteiger partial charge in [0, 0.05) is 12.5 Å². The summed E-state index contributed by atoms with van der Waals surface area (Å²) in [6.45, 7) is 3.71. The van der Waals surface area contributed by atoms with Crippen LogP contribution in [0.5, 0.6) is 5.75 Å². The molecule has 0 spiro atoms. The number of para-hydroxylation sites is 1. The number of hydrogen-bond donors (Lipinski definition) is 1. The highest BCUT2D eigenvalue weighted by molar-refractivity contribution is 5.68. The lowest BCUT2D eigenvalue weighted by Gasteiger charge is -2.38. The number of fused-ring (bicyclic) bond motifs is 3. The third kappa shape index (κ3) is 3.04. The van der Waals surface area contributed by atoms with Crippen LogP contribution in [-0.2, 0) is 4.74 Å². The molecule has 2 aromatic rings. The van der Waals surface area contributed by atoms with Crippen LogP contribution in [0.3, 0.4) is 0 Å². The number of aryl methyl sites for hydroxylation is 1. The quantitative estimate of drug-likeness (QED) is 0.742. The fourth-order valence-corrected chi connectivity index (χ4v) is 4.92. The van der Waals surface area contributed by atoms with Gasteiger partial charge < -0.3 is 14.8 Å². The van der Waals surface area contributed by atoms with Gasteiger partial charge in [0.2, 0.25) is 0 Å². The summed E-state index contributed by atoms with van der Waals surface area (Å²) >= 11 is 0. The van der Waals surface area contributed by atoms with Crippen LogP contribution in [0.15, 0.2) is 54.6 Å². The Kier molecular flexibility index (Phi) is 4.41. The van der Waals surface area contributed by atoms with Crippen LogP contribution in [0.2, 0.25) is 0 Å². The molecular weight excluding hydrogens is 334 g/mol. The van der Waals surface area contributed by atoms with E-state index in [9.17, 15) is 0 Å². The van der Waals surface area contributed by atoms with Gasteiger partial charge in [-0.05, 0) is 54.9 Å². The fraction of sp³-hybridized carbons (Fsp3) is 0.417. The Morgan fingerprint density at radius 1 is 1.11 bits per heavy atom. The van der Waals surface area contributed by atoms with Crippen LogP contribution in [0.4, 0.5) is 5.69 Å². The van der Waals surface area contributed by atoms with Crippen molar-refractivity contribution in [3.8, 4) is 5.75 Å². The minimum atomic E-state index is 0.232. The van der Waals surface area contributed by atoms with E-state index >= 15 is 0 Å². The first-order chi connectivity index (χ1) is 13.3. The molecule has 1 aliphatic carbocycles.